The minimum absolute atomic E-state index is 0.0113. The predicted octanol–water partition coefficient (Wildman–Crippen LogP) is 15.9. The van der Waals surface area contributed by atoms with Gasteiger partial charge in [-0.2, -0.15) is 0 Å². The topological polar surface area (TPSA) is 45.9 Å². The number of aryl methyl sites for hydroxylation is 2. The van der Waals surface area contributed by atoms with E-state index in [1.807, 2.05) is 24.3 Å². The standard InChI is InChI=1S/C62H57BN2O3/c1-36-27-43(61(6,7)8)28-37(2)58(36)65-50-35-44(62(9,10)11)34-49-57(50)63(56-46-33-42(60(3,4)5)24-26-53(46)68-59(56)65)47-25-23-41(55-32-40-18-13-15-22-52(40)67-55)30-48(47)64(49)45-20-16-19-38(29-45)54-31-39-17-12-14-21-51(39)66-54/h12-35H,1-11H3. The third kappa shape index (κ3) is 6.59. The summed E-state index contributed by atoms with van der Waals surface area (Å²) in [6.45, 7) is 25.2. The molecule has 0 radical (unpaired) electrons. The van der Waals surface area contributed by atoms with Crippen molar-refractivity contribution in [2.45, 2.75) is 92.4 Å². The lowest BCUT2D eigenvalue weighted by molar-refractivity contribution is 0.587. The first kappa shape index (κ1) is 42.2. The van der Waals surface area contributed by atoms with E-state index in [2.05, 4.69) is 207 Å². The van der Waals surface area contributed by atoms with E-state index in [-0.39, 0.29) is 23.0 Å². The third-order valence-corrected chi connectivity index (χ3v) is 14.5. The molecule has 5 nitrogen and oxygen atoms in total. The quantitative estimate of drug-likeness (QED) is 0.165. The smallest absolute Gasteiger partial charge is 0.257 e. The molecule has 7 aromatic carbocycles. The van der Waals surface area contributed by atoms with Crippen LogP contribution < -0.4 is 26.2 Å². The van der Waals surface area contributed by atoms with Gasteiger partial charge in [0.2, 0.25) is 5.88 Å². The molecular formula is C62H57BN2O3. The molecule has 2 aliphatic rings. The van der Waals surface area contributed by atoms with Crippen molar-refractivity contribution in [1.82, 2.24) is 0 Å². The van der Waals surface area contributed by atoms with Crippen LogP contribution in [0.25, 0.3) is 55.6 Å². The van der Waals surface area contributed by atoms with Crippen LogP contribution in [0.5, 0.6) is 0 Å². The molecule has 0 aliphatic carbocycles. The van der Waals surface area contributed by atoms with Crippen LogP contribution in [-0.2, 0) is 16.2 Å². The minimum atomic E-state index is -0.194. The van der Waals surface area contributed by atoms with Gasteiger partial charge in [-0.15, -0.1) is 0 Å². The zero-order valence-corrected chi connectivity index (χ0v) is 41.1. The summed E-state index contributed by atoms with van der Waals surface area (Å²) in [5.41, 5.74) is 19.9. The van der Waals surface area contributed by atoms with E-state index >= 15 is 0 Å². The molecule has 2 aliphatic heterocycles. The van der Waals surface area contributed by atoms with Crippen molar-refractivity contribution in [2.24, 2.45) is 0 Å². The molecule has 10 aromatic rings. The van der Waals surface area contributed by atoms with Crippen molar-refractivity contribution >= 4 is 90.3 Å². The van der Waals surface area contributed by atoms with Gasteiger partial charge in [-0.25, -0.2) is 0 Å². The van der Waals surface area contributed by atoms with Gasteiger partial charge in [0.25, 0.3) is 6.71 Å². The fraction of sp³-hybridized carbons (Fsp3) is 0.226. The van der Waals surface area contributed by atoms with Crippen molar-refractivity contribution in [3.05, 3.63) is 173 Å². The van der Waals surface area contributed by atoms with Gasteiger partial charge >= 0.3 is 0 Å². The van der Waals surface area contributed by atoms with Crippen molar-refractivity contribution < 1.29 is 13.3 Å². The van der Waals surface area contributed by atoms with E-state index in [9.17, 15) is 0 Å². The number of rotatable bonds is 4. The molecule has 0 amide bonds. The Morgan fingerprint density at radius 1 is 0.426 bits per heavy atom. The summed E-state index contributed by atoms with van der Waals surface area (Å²) in [5, 5.41) is 3.31. The SMILES string of the molecule is Cc1cc(C(C)(C)C)cc(C)c1N1c2cc(C(C)(C)C)cc3c2B(c2ccc(-c4cc5ccccc5o4)cc2N3c2cccc(-c3cc4ccccc4o3)c2)c2c1oc1ccc(C(C)(C)C)cc21. The summed E-state index contributed by atoms with van der Waals surface area (Å²) in [7, 11) is 0. The monoisotopic (exact) mass is 888 g/mol. The Morgan fingerprint density at radius 2 is 1.00 bits per heavy atom. The molecule has 0 bridgehead atoms. The number of nitrogens with zero attached hydrogens (tertiary/aromatic N) is 2. The van der Waals surface area contributed by atoms with Gasteiger partial charge in [-0.05, 0) is 136 Å². The molecule has 0 atom stereocenters. The van der Waals surface area contributed by atoms with Crippen LogP contribution >= 0.6 is 0 Å². The molecule has 68 heavy (non-hydrogen) atoms. The predicted molar refractivity (Wildman–Crippen MR) is 286 cm³/mol. The number of furan rings is 3. The normalized spacial score (nSPS) is 13.7. The Balaban J connectivity index is 1.20. The second-order valence-corrected chi connectivity index (χ2v) is 22.4. The average Bonchev–Trinajstić information content (AvgIpc) is 4.04. The first-order valence-corrected chi connectivity index (χ1v) is 24.1. The second kappa shape index (κ2) is 14.7. The van der Waals surface area contributed by atoms with E-state index in [0.717, 1.165) is 89.9 Å². The lowest BCUT2D eigenvalue weighted by atomic mass is 9.33. The summed E-state index contributed by atoms with van der Waals surface area (Å²) in [6.07, 6.45) is 0. The molecule has 0 saturated heterocycles. The van der Waals surface area contributed by atoms with Gasteiger partial charge in [0, 0.05) is 55.5 Å². The van der Waals surface area contributed by atoms with Crippen molar-refractivity contribution in [1.29, 1.82) is 0 Å². The number of hydrogen-bond donors (Lipinski definition) is 0. The lowest BCUT2D eigenvalue weighted by Gasteiger charge is -2.44. The van der Waals surface area contributed by atoms with Gasteiger partial charge in [0.1, 0.15) is 28.3 Å². The summed E-state index contributed by atoms with van der Waals surface area (Å²) in [5.74, 6) is 2.55. The molecule has 6 heteroatoms. The van der Waals surface area contributed by atoms with Crippen molar-refractivity contribution in [3.63, 3.8) is 0 Å². The van der Waals surface area contributed by atoms with Gasteiger partial charge in [0.15, 0.2) is 0 Å². The maximum atomic E-state index is 7.34. The van der Waals surface area contributed by atoms with Gasteiger partial charge in [-0.3, -0.25) is 4.90 Å². The second-order valence-electron chi connectivity index (χ2n) is 22.4. The number of para-hydroxylation sites is 2. The molecule has 0 spiro atoms. The van der Waals surface area contributed by atoms with Crippen molar-refractivity contribution in [3.8, 4) is 22.6 Å². The fourth-order valence-corrected chi connectivity index (χ4v) is 10.9. The molecule has 12 rings (SSSR count). The van der Waals surface area contributed by atoms with Crippen LogP contribution in [0, 0.1) is 13.8 Å². The summed E-state index contributed by atoms with van der Waals surface area (Å²) in [4.78, 5) is 4.98. The van der Waals surface area contributed by atoms with E-state index in [0.29, 0.717) is 0 Å². The minimum Gasteiger partial charge on any atom is -0.456 e. The maximum Gasteiger partial charge on any atom is 0.257 e. The Hall–Kier alpha value is -7.18. The van der Waals surface area contributed by atoms with E-state index < -0.39 is 0 Å². The molecule has 336 valence electrons. The first-order valence-electron chi connectivity index (χ1n) is 24.1. The summed E-state index contributed by atoms with van der Waals surface area (Å²) in [6, 6.07) is 53.2. The van der Waals surface area contributed by atoms with Crippen molar-refractivity contribution in [2.75, 3.05) is 9.80 Å². The van der Waals surface area contributed by atoms with E-state index in [1.54, 1.807) is 0 Å². The summed E-state index contributed by atoms with van der Waals surface area (Å²) < 4.78 is 20.5. The Morgan fingerprint density at radius 3 is 1.60 bits per heavy atom. The number of benzene rings is 7. The third-order valence-electron chi connectivity index (χ3n) is 14.5. The zero-order chi connectivity index (χ0) is 47.2. The van der Waals surface area contributed by atoms with Crippen LogP contribution in [0.2, 0.25) is 0 Å². The van der Waals surface area contributed by atoms with Gasteiger partial charge < -0.3 is 18.2 Å². The largest absolute Gasteiger partial charge is 0.456 e. The van der Waals surface area contributed by atoms with Gasteiger partial charge in [0.05, 0.1) is 5.69 Å². The highest BCUT2D eigenvalue weighted by Crippen LogP contribution is 2.50. The highest BCUT2D eigenvalue weighted by molar-refractivity contribution is 7.01. The highest BCUT2D eigenvalue weighted by atomic mass is 16.4. The molecule has 0 saturated carbocycles. The summed E-state index contributed by atoms with van der Waals surface area (Å²) >= 11 is 0. The van der Waals surface area contributed by atoms with E-state index in [4.69, 9.17) is 13.3 Å². The molecule has 0 unspecified atom stereocenters. The van der Waals surface area contributed by atoms with Crippen LogP contribution in [0.4, 0.5) is 34.3 Å². The van der Waals surface area contributed by atoms with Crippen LogP contribution in [-0.4, -0.2) is 6.71 Å². The average molecular weight is 889 g/mol. The van der Waals surface area contributed by atoms with E-state index in [1.165, 1.54) is 44.2 Å². The van der Waals surface area contributed by atoms with Crippen LogP contribution in [0.15, 0.2) is 159 Å². The van der Waals surface area contributed by atoms with Crippen LogP contribution in [0.1, 0.15) is 90.1 Å². The maximum absolute atomic E-state index is 7.34. The molecule has 3 aromatic heterocycles. The Bertz CT molecular complexity index is 3600. The Kier molecular flexibility index (Phi) is 9.10. The zero-order valence-electron chi connectivity index (χ0n) is 41.1. The molecule has 0 N–H and O–H groups in total. The molecule has 0 fully saturated rings. The number of hydrogen-bond acceptors (Lipinski definition) is 5. The Labute approximate surface area is 400 Å². The molecular weight excluding hydrogens is 832 g/mol. The highest BCUT2D eigenvalue weighted by Gasteiger charge is 2.47. The number of anilines is 6. The number of fused-ring (bicyclic) bond motifs is 8. The first-order chi connectivity index (χ1) is 32.4. The van der Waals surface area contributed by atoms with Gasteiger partial charge in [-0.1, -0.05) is 141 Å². The fourth-order valence-electron chi connectivity index (χ4n) is 10.9. The lowest BCUT2D eigenvalue weighted by Crippen LogP contribution is -2.61. The van der Waals surface area contributed by atoms with Crippen LogP contribution in [0.3, 0.4) is 0 Å². The molecule has 5 heterocycles.